The van der Waals surface area contributed by atoms with E-state index in [1.54, 1.807) is 23.9 Å². The minimum Gasteiger partial charge on any atom is -0.469 e. The predicted octanol–water partition coefficient (Wildman–Crippen LogP) is 2.70. The van der Waals surface area contributed by atoms with Crippen LogP contribution in [-0.4, -0.2) is 22.9 Å². The monoisotopic (exact) mass is 326 g/mol. The summed E-state index contributed by atoms with van der Waals surface area (Å²) in [6.45, 7) is 0. The van der Waals surface area contributed by atoms with Crippen molar-refractivity contribution in [3.63, 3.8) is 0 Å². The number of hydrogen-bond donors (Lipinski definition) is 0. The van der Waals surface area contributed by atoms with E-state index in [0.717, 1.165) is 5.56 Å². The first-order valence-electron chi connectivity index (χ1n) is 5.57. The molecule has 0 atom stereocenters. The second-order valence-electron chi connectivity index (χ2n) is 3.99. The lowest BCUT2D eigenvalue weighted by Gasteiger charge is -2.01. The molecule has 1 heterocycles. The number of aromatic nitrogens is 2. The zero-order valence-corrected chi connectivity index (χ0v) is 12.1. The first-order valence-corrected chi connectivity index (χ1v) is 6.36. The van der Waals surface area contributed by atoms with Crippen LogP contribution >= 0.6 is 15.9 Å². The summed E-state index contributed by atoms with van der Waals surface area (Å²) < 4.78 is 19.9. The Bertz CT molecular complexity index is 608. The van der Waals surface area contributed by atoms with E-state index in [0.29, 0.717) is 15.9 Å². The highest BCUT2D eigenvalue weighted by atomic mass is 79.9. The van der Waals surface area contributed by atoms with Crippen LogP contribution in [0.25, 0.3) is 11.3 Å². The lowest BCUT2D eigenvalue weighted by molar-refractivity contribution is -0.139. The Balaban J connectivity index is 2.40. The van der Waals surface area contributed by atoms with E-state index in [2.05, 4.69) is 25.8 Å². The zero-order valence-electron chi connectivity index (χ0n) is 10.5. The van der Waals surface area contributed by atoms with E-state index in [1.807, 2.05) is 0 Å². The number of carbonyl (C=O) groups excluding carboxylic acids is 1. The lowest BCUT2D eigenvalue weighted by Crippen LogP contribution is -2.09. The van der Waals surface area contributed by atoms with Crippen LogP contribution in [0.5, 0.6) is 0 Å². The number of aryl methyl sites for hydroxylation is 1. The fourth-order valence-electron chi connectivity index (χ4n) is 1.73. The maximum absolute atomic E-state index is 12.9. The molecule has 0 aliphatic rings. The molecule has 1 aromatic heterocycles. The molecule has 0 saturated carbocycles. The summed E-state index contributed by atoms with van der Waals surface area (Å²) in [7, 11) is 3.09. The highest BCUT2D eigenvalue weighted by Crippen LogP contribution is 2.30. The molecule has 0 unspecified atom stereocenters. The molecule has 0 aliphatic heterocycles. The topological polar surface area (TPSA) is 44.1 Å². The predicted molar refractivity (Wildman–Crippen MR) is 72.0 cm³/mol. The molecule has 0 spiro atoms. The van der Waals surface area contributed by atoms with Gasteiger partial charge in [-0.2, -0.15) is 5.10 Å². The molecule has 0 fully saturated rings. The first-order chi connectivity index (χ1) is 9.02. The van der Waals surface area contributed by atoms with Gasteiger partial charge in [0.1, 0.15) is 11.5 Å². The fraction of sp³-hybridized carbons (Fsp3) is 0.231. The molecule has 4 nitrogen and oxygen atoms in total. The summed E-state index contributed by atoms with van der Waals surface area (Å²) in [4.78, 5) is 11.3. The molecule has 0 N–H and O–H groups in total. The molecule has 0 amide bonds. The third-order valence-corrected chi connectivity index (χ3v) is 3.59. The minimum atomic E-state index is -0.339. The van der Waals surface area contributed by atoms with Gasteiger partial charge in [0, 0.05) is 12.6 Å². The highest BCUT2D eigenvalue weighted by molar-refractivity contribution is 9.10. The van der Waals surface area contributed by atoms with Gasteiger partial charge < -0.3 is 4.74 Å². The van der Waals surface area contributed by atoms with Crippen molar-refractivity contribution in [2.45, 2.75) is 6.42 Å². The average Bonchev–Trinajstić information content (AvgIpc) is 2.67. The molecular formula is C13H12BrFN2O2. The molecule has 0 saturated heterocycles. The second kappa shape index (κ2) is 5.52. The summed E-state index contributed by atoms with van der Waals surface area (Å²) in [5.74, 6) is -0.639. The number of benzene rings is 1. The number of hydrogen-bond acceptors (Lipinski definition) is 3. The average molecular weight is 327 g/mol. The van der Waals surface area contributed by atoms with Gasteiger partial charge in [0.25, 0.3) is 0 Å². The van der Waals surface area contributed by atoms with Gasteiger partial charge in [-0.3, -0.25) is 9.48 Å². The molecule has 2 aromatic rings. The highest BCUT2D eigenvalue weighted by Gasteiger charge is 2.18. The van der Waals surface area contributed by atoms with Gasteiger partial charge in [-0.15, -0.1) is 0 Å². The van der Waals surface area contributed by atoms with E-state index in [1.165, 1.54) is 19.2 Å². The summed E-state index contributed by atoms with van der Waals surface area (Å²) in [5, 5.41) is 4.34. The van der Waals surface area contributed by atoms with Gasteiger partial charge >= 0.3 is 5.97 Å². The van der Waals surface area contributed by atoms with Crippen LogP contribution in [0.15, 0.2) is 28.7 Å². The molecule has 100 valence electrons. The van der Waals surface area contributed by atoms with Gasteiger partial charge in [-0.1, -0.05) is 0 Å². The third kappa shape index (κ3) is 2.84. The van der Waals surface area contributed by atoms with Crippen LogP contribution in [0.3, 0.4) is 0 Å². The van der Waals surface area contributed by atoms with Gasteiger partial charge in [-0.05, 0) is 40.2 Å². The second-order valence-corrected chi connectivity index (χ2v) is 4.79. The van der Waals surface area contributed by atoms with Crippen molar-refractivity contribution >= 4 is 21.9 Å². The van der Waals surface area contributed by atoms with Crippen molar-refractivity contribution < 1.29 is 13.9 Å². The Kier molecular flexibility index (Phi) is 3.99. The van der Waals surface area contributed by atoms with Crippen molar-refractivity contribution in [1.82, 2.24) is 9.78 Å². The molecule has 1 aromatic carbocycles. The minimum absolute atomic E-state index is 0.127. The number of methoxy groups -OCH3 is 1. The quantitative estimate of drug-likeness (QED) is 0.814. The molecule has 2 rings (SSSR count). The van der Waals surface area contributed by atoms with E-state index >= 15 is 0 Å². The number of ether oxygens (including phenoxy) is 1. The Morgan fingerprint density at radius 1 is 1.42 bits per heavy atom. The van der Waals surface area contributed by atoms with Crippen LogP contribution in [0.1, 0.15) is 5.69 Å². The number of esters is 1. The lowest BCUT2D eigenvalue weighted by atomic mass is 10.1. The van der Waals surface area contributed by atoms with Crippen molar-refractivity contribution in [3.8, 4) is 11.3 Å². The smallest absolute Gasteiger partial charge is 0.311 e. The van der Waals surface area contributed by atoms with Crippen LogP contribution in [-0.2, 0) is 23.0 Å². The van der Waals surface area contributed by atoms with Crippen LogP contribution < -0.4 is 0 Å². The van der Waals surface area contributed by atoms with E-state index in [9.17, 15) is 9.18 Å². The largest absolute Gasteiger partial charge is 0.469 e. The fourth-order valence-corrected chi connectivity index (χ4v) is 2.43. The van der Waals surface area contributed by atoms with Crippen LogP contribution in [0.4, 0.5) is 4.39 Å². The molecule has 6 heteroatoms. The molecule has 0 bridgehead atoms. The summed E-state index contributed by atoms with van der Waals surface area (Å²) >= 11 is 3.43. The molecule has 0 aliphatic carbocycles. The number of halogens is 2. The van der Waals surface area contributed by atoms with Gasteiger partial charge in [0.15, 0.2) is 0 Å². The molecule has 19 heavy (non-hydrogen) atoms. The summed E-state index contributed by atoms with van der Waals surface area (Å²) in [6, 6.07) is 6.03. The first kappa shape index (κ1) is 13.7. The Hall–Kier alpha value is -1.69. The maximum atomic E-state index is 12.9. The zero-order chi connectivity index (χ0) is 14.0. The van der Waals surface area contributed by atoms with Gasteiger partial charge in [0.05, 0.1) is 23.7 Å². The van der Waals surface area contributed by atoms with Gasteiger partial charge in [0.2, 0.25) is 0 Å². The number of carbonyl (C=O) groups is 1. The number of rotatable bonds is 3. The van der Waals surface area contributed by atoms with Crippen molar-refractivity contribution in [3.05, 3.63) is 40.2 Å². The summed E-state index contributed by atoms with van der Waals surface area (Å²) in [6.07, 6.45) is 0.127. The Morgan fingerprint density at radius 3 is 2.63 bits per heavy atom. The molecular weight excluding hydrogens is 315 g/mol. The third-order valence-electron chi connectivity index (χ3n) is 2.76. The van der Waals surface area contributed by atoms with Crippen molar-refractivity contribution in [2.75, 3.05) is 7.11 Å². The standard InChI is InChI=1S/C13H12BrFN2O2/c1-17-10(7-11(18)19-2)12(14)13(16-17)8-3-5-9(15)6-4-8/h3-6H,7H2,1-2H3. The SMILES string of the molecule is COC(=O)Cc1c(Br)c(-c2ccc(F)cc2)nn1C. The Labute approximate surface area is 118 Å². The van der Waals surface area contributed by atoms with Crippen LogP contribution in [0.2, 0.25) is 0 Å². The number of nitrogens with zero attached hydrogens (tertiary/aromatic N) is 2. The normalized spacial score (nSPS) is 10.5. The van der Waals surface area contributed by atoms with E-state index in [4.69, 9.17) is 0 Å². The van der Waals surface area contributed by atoms with E-state index < -0.39 is 0 Å². The maximum Gasteiger partial charge on any atom is 0.311 e. The Morgan fingerprint density at radius 2 is 2.05 bits per heavy atom. The molecule has 0 radical (unpaired) electrons. The van der Waals surface area contributed by atoms with Crippen LogP contribution in [0, 0.1) is 5.82 Å². The summed E-state index contributed by atoms with van der Waals surface area (Å²) in [5.41, 5.74) is 2.16. The van der Waals surface area contributed by atoms with Crippen molar-refractivity contribution in [1.29, 1.82) is 0 Å². The van der Waals surface area contributed by atoms with Crippen molar-refractivity contribution in [2.24, 2.45) is 7.05 Å². The van der Waals surface area contributed by atoms with E-state index in [-0.39, 0.29) is 18.2 Å². The van der Waals surface area contributed by atoms with Gasteiger partial charge in [-0.25, -0.2) is 4.39 Å².